The van der Waals surface area contributed by atoms with Crippen molar-refractivity contribution in [2.45, 2.75) is 46.1 Å². The van der Waals surface area contributed by atoms with Crippen LogP contribution in [0.15, 0.2) is 65.3 Å². The van der Waals surface area contributed by atoms with Crippen LogP contribution in [0.4, 0.5) is 5.69 Å². The molecule has 1 aliphatic rings. The number of rotatable bonds is 8. The van der Waals surface area contributed by atoms with E-state index in [1.807, 2.05) is 13.8 Å². The van der Waals surface area contributed by atoms with Gasteiger partial charge in [0, 0.05) is 23.3 Å². The van der Waals surface area contributed by atoms with Gasteiger partial charge in [0.05, 0.1) is 15.6 Å². The summed E-state index contributed by atoms with van der Waals surface area (Å²) in [5.74, 6) is -3.32. The normalized spacial score (nSPS) is 16.6. The molecular formula is C28H28Cl2N2O6. The van der Waals surface area contributed by atoms with E-state index in [-0.39, 0.29) is 33.2 Å². The first kappa shape index (κ1) is 28.9. The molecule has 10 heteroatoms. The van der Waals surface area contributed by atoms with E-state index in [1.54, 1.807) is 49.4 Å². The number of hydrogen-bond acceptors (Lipinski definition) is 4. The molecule has 2 aromatic carbocycles. The largest absolute Gasteiger partial charge is 0.480 e. The van der Waals surface area contributed by atoms with Gasteiger partial charge in [0.1, 0.15) is 6.04 Å². The predicted octanol–water partition coefficient (Wildman–Crippen LogP) is 5.51. The topological polar surface area (TPSA) is 133 Å². The number of carboxylic acid groups (broad SMARTS) is 2. The fourth-order valence-electron chi connectivity index (χ4n) is 4.15. The molecule has 0 aromatic heterocycles. The second kappa shape index (κ2) is 11.8. The molecule has 1 aliphatic carbocycles. The van der Waals surface area contributed by atoms with Gasteiger partial charge < -0.3 is 20.8 Å². The molecule has 0 heterocycles. The van der Waals surface area contributed by atoms with Crippen LogP contribution >= 0.6 is 23.2 Å². The van der Waals surface area contributed by atoms with Crippen LogP contribution in [-0.4, -0.2) is 40.0 Å². The number of allylic oxidation sites excluding steroid dienone is 2. The van der Waals surface area contributed by atoms with Crippen molar-refractivity contribution >= 4 is 52.6 Å². The molecule has 0 spiro atoms. The van der Waals surface area contributed by atoms with E-state index in [0.29, 0.717) is 29.7 Å². The van der Waals surface area contributed by atoms with Crippen molar-refractivity contribution in [1.82, 2.24) is 5.32 Å². The number of nitrogens with one attached hydrogen (secondary N) is 2. The minimum Gasteiger partial charge on any atom is -0.480 e. The Morgan fingerprint density at radius 1 is 1.00 bits per heavy atom. The second-order valence-electron chi connectivity index (χ2n) is 9.71. The van der Waals surface area contributed by atoms with Crippen LogP contribution in [0, 0.1) is 5.41 Å². The third-order valence-electron chi connectivity index (χ3n) is 6.56. The first-order valence-electron chi connectivity index (χ1n) is 11.8. The van der Waals surface area contributed by atoms with Gasteiger partial charge >= 0.3 is 11.9 Å². The highest BCUT2D eigenvalue weighted by atomic mass is 35.5. The van der Waals surface area contributed by atoms with Crippen molar-refractivity contribution < 1.29 is 29.4 Å². The van der Waals surface area contributed by atoms with E-state index in [2.05, 4.69) is 10.6 Å². The molecule has 0 fully saturated rings. The molecule has 38 heavy (non-hydrogen) atoms. The summed E-state index contributed by atoms with van der Waals surface area (Å²) in [7, 11) is 0. The van der Waals surface area contributed by atoms with Gasteiger partial charge in [0.25, 0.3) is 5.91 Å². The zero-order valence-corrected chi connectivity index (χ0v) is 22.6. The summed E-state index contributed by atoms with van der Waals surface area (Å²) >= 11 is 12.2. The first-order chi connectivity index (χ1) is 17.8. The molecule has 0 bridgehead atoms. The monoisotopic (exact) mass is 558 g/mol. The van der Waals surface area contributed by atoms with Crippen LogP contribution in [0.2, 0.25) is 10.0 Å². The lowest BCUT2D eigenvalue weighted by atomic mass is 9.73. The number of aliphatic carboxylic acids is 2. The summed E-state index contributed by atoms with van der Waals surface area (Å²) in [5, 5.41) is 24.9. The average Bonchev–Trinajstić information content (AvgIpc) is 2.83. The first-order valence-corrected chi connectivity index (χ1v) is 12.6. The van der Waals surface area contributed by atoms with Gasteiger partial charge in [0.15, 0.2) is 0 Å². The van der Waals surface area contributed by atoms with Crippen LogP contribution in [-0.2, 0) is 20.8 Å². The summed E-state index contributed by atoms with van der Waals surface area (Å²) in [6.45, 7) is 5.23. The van der Waals surface area contributed by atoms with E-state index in [4.69, 9.17) is 23.2 Å². The molecular weight excluding hydrogens is 531 g/mol. The molecule has 1 atom stereocenters. The lowest BCUT2D eigenvalue weighted by molar-refractivity contribution is -0.141. The zero-order chi connectivity index (χ0) is 28.2. The number of amides is 2. The molecule has 2 aromatic rings. The van der Waals surface area contributed by atoms with Crippen molar-refractivity contribution in [2.75, 3.05) is 5.32 Å². The quantitative estimate of drug-likeness (QED) is 0.316. The van der Waals surface area contributed by atoms with Gasteiger partial charge in [0.2, 0.25) is 5.91 Å². The van der Waals surface area contributed by atoms with Gasteiger partial charge in [-0.05, 0) is 66.7 Å². The van der Waals surface area contributed by atoms with E-state index >= 15 is 0 Å². The number of carbonyl (C=O) groups is 4. The molecule has 8 nitrogen and oxygen atoms in total. The molecule has 200 valence electrons. The van der Waals surface area contributed by atoms with Gasteiger partial charge in [-0.3, -0.25) is 9.59 Å². The SMILES string of the molecule is C/C(C(=O)N[C@@H](Cc1ccc(NC(=O)c2c(Cl)cccc2Cl)cc1)C(=O)O)=C1\C=C(C(=O)O)C(C)(C)CC1. The zero-order valence-electron chi connectivity index (χ0n) is 21.1. The summed E-state index contributed by atoms with van der Waals surface area (Å²) in [5.41, 5.74) is 1.75. The maximum Gasteiger partial charge on any atom is 0.332 e. The van der Waals surface area contributed by atoms with Gasteiger partial charge in [-0.2, -0.15) is 0 Å². The van der Waals surface area contributed by atoms with E-state index in [9.17, 15) is 29.4 Å². The molecule has 4 N–H and O–H groups in total. The Hall–Kier alpha value is -3.62. The molecule has 0 radical (unpaired) electrons. The fourth-order valence-corrected chi connectivity index (χ4v) is 4.72. The number of benzene rings is 2. The molecule has 0 unspecified atom stereocenters. The Bertz CT molecular complexity index is 1330. The van der Waals surface area contributed by atoms with E-state index in [1.165, 1.54) is 6.08 Å². The Kier molecular flexibility index (Phi) is 9.01. The van der Waals surface area contributed by atoms with Gasteiger partial charge in [-0.25, -0.2) is 9.59 Å². The van der Waals surface area contributed by atoms with Crippen LogP contribution < -0.4 is 10.6 Å². The van der Waals surface area contributed by atoms with Crippen molar-refractivity contribution in [3.8, 4) is 0 Å². The van der Waals surface area contributed by atoms with E-state index < -0.39 is 35.2 Å². The van der Waals surface area contributed by atoms with Crippen molar-refractivity contribution in [3.63, 3.8) is 0 Å². The molecule has 2 amide bonds. The fraction of sp³-hybridized carbons (Fsp3) is 0.286. The maximum atomic E-state index is 12.9. The predicted molar refractivity (Wildman–Crippen MR) is 146 cm³/mol. The van der Waals surface area contributed by atoms with Crippen molar-refractivity contribution in [1.29, 1.82) is 0 Å². The molecule has 0 saturated heterocycles. The third kappa shape index (κ3) is 6.82. The second-order valence-corrected chi connectivity index (χ2v) is 10.5. The maximum absolute atomic E-state index is 12.9. The third-order valence-corrected chi connectivity index (χ3v) is 7.19. The van der Waals surface area contributed by atoms with Crippen LogP contribution in [0.1, 0.15) is 49.5 Å². The number of halogens is 2. The number of hydrogen-bond donors (Lipinski definition) is 4. The smallest absolute Gasteiger partial charge is 0.332 e. The van der Waals surface area contributed by atoms with Gasteiger partial charge in [-0.1, -0.05) is 55.2 Å². The minimum absolute atomic E-state index is 0.00248. The van der Waals surface area contributed by atoms with Crippen LogP contribution in [0.3, 0.4) is 0 Å². The number of carboxylic acids is 2. The lowest BCUT2D eigenvalue weighted by Gasteiger charge is -2.30. The Balaban J connectivity index is 1.71. The summed E-state index contributed by atoms with van der Waals surface area (Å²) < 4.78 is 0. The van der Waals surface area contributed by atoms with Gasteiger partial charge in [-0.15, -0.1) is 0 Å². The molecule has 0 saturated carbocycles. The summed E-state index contributed by atoms with van der Waals surface area (Å²) in [6, 6.07) is 10.0. The summed E-state index contributed by atoms with van der Waals surface area (Å²) in [6.07, 6.45) is 2.57. The summed E-state index contributed by atoms with van der Waals surface area (Å²) in [4.78, 5) is 49.0. The highest BCUT2D eigenvalue weighted by molar-refractivity contribution is 6.40. The average molecular weight is 559 g/mol. The Morgan fingerprint density at radius 2 is 1.61 bits per heavy atom. The minimum atomic E-state index is -1.22. The number of anilines is 1. The lowest BCUT2D eigenvalue weighted by Crippen LogP contribution is -2.43. The van der Waals surface area contributed by atoms with Crippen molar-refractivity contribution in [3.05, 3.63) is 86.4 Å². The Labute approximate surface area is 230 Å². The van der Waals surface area contributed by atoms with Crippen molar-refractivity contribution in [2.24, 2.45) is 5.41 Å². The van der Waals surface area contributed by atoms with Crippen LogP contribution in [0.25, 0.3) is 0 Å². The van der Waals surface area contributed by atoms with Crippen LogP contribution in [0.5, 0.6) is 0 Å². The molecule has 0 aliphatic heterocycles. The highest BCUT2D eigenvalue weighted by Gasteiger charge is 2.33. The molecule has 3 rings (SSSR count). The Morgan fingerprint density at radius 3 is 2.16 bits per heavy atom. The standard InChI is InChI=1S/C28H28Cl2N2O6/c1-15(17-11-12-28(2,3)19(14-17)26(35)36)24(33)32-22(27(37)38)13-16-7-9-18(10-8-16)31-25(34)23-20(29)5-4-6-21(23)30/h4-10,14,22H,11-13H2,1-3H3,(H,31,34)(H,32,33)(H,35,36)(H,37,38)/b17-15+/t22-/m0/s1. The number of carbonyl (C=O) groups excluding carboxylic acids is 2. The van der Waals surface area contributed by atoms with E-state index in [0.717, 1.165) is 0 Å². The highest BCUT2D eigenvalue weighted by Crippen LogP contribution is 2.39.